The fourth-order valence-electron chi connectivity index (χ4n) is 9.48. The summed E-state index contributed by atoms with van der Waals surface area (Å²) >= 11 is 0. The van der Waals surface area contributed by atoms with E-state index in [0.717, 1.165) is 94.4 Å². The summed E-state index contributed by atoms with van der Waals surface area (Å²) in [4.78, 5) is 31.9. The largest absolute Gasteiger partial charge is 0.465 e. The normalized spacial score (nSPS) is 21.0. The van der Waals surface area contributed by atoms with Crippen LogP contribution in [0.1, 0.15) is 50.4 Å². The second kappa shape index (κ2) is 15.5. The van der Waals surface area contributed by atoms with Crippen molar-refractivity contribution < 1.29 is 27.6 Å². The lowest BCUT2D eigenvalue weighted by Crippen LogP contribution is -2.56. The molecule has 3 atom stereocenters. The van der Waals surface area contributed by atoms with Gasteiger partial charge in [-0.15, -0.1) is 0 Å². The molecule has 1 aliphatic carbocycles. The number of benzene rings is 3. The third-order valence-corrected chi connectivity index (χ3v) is 13.8. The van der Waals surface area contributed by atoms with E-state index >= 15 is 4.39 Å². The molecule has 7 rings (SSSR count). The van der Waals surface area contributed by atoms with Crippen molar-refractivity contribution in [3.8, 4) is 0 Å². The molecule has 3 aromatic carbocycles. The first-order valence-electron chi connectivity index (χ1n) is 18.8. The van der Waals surface area contributed by atoms with E-state index in [4.69, 9.17) is 0 Å². The van der Waals surface area contributed by atoms with Crippen molar-refractivity contribution in [3.05, 3.63) is 113 Å². The van der Waals surface area contributed by atoms with Gasteiger partial charge in [-0.3, -0.25) is 10.1 Å². The number of amides is 1. The number of nitrogens with one attached hydrogen (secondary N) is 1. The van der Waals surface area contributed by atoms with Crippen LogP contribution in [0.15, 0.2) is 95.0 Å². The molecule has 3 aliphatic rings. The summed E-state index contributed by atoms with van der Waals surface area (Å²) in [6.45, 7) is 7.08. The van der Waals surface area contributed by atoms with Gasteiger partial charge < -0.3 is 24.8 Å². The Morgan fingerprint density at radius 1 is 1.02 bits per heavy atom. The number of piperidine rings is 1. The van der Waals surface area contributed by atoms with Crippen molar-refractivity contribution in [1.29, 1.82) is 0 Å². The predicted molar refractivity (Wildman–Crippen MR) is 202 cm³/mol. The number of hydrogen-bond donors (Lipinski definition) is 2. The summed E-state index contributed by atoms with van der Waals surface area (Å²) in [5.41, 5.74) is 1.07. The van der Waals surface area contributed by atoms with Crippen LogP contribution < -0.4 is 10.2 Å². The van der Waals surface area contributed by atoms with E-state index in [1.807, 2.05) is 18.5 Å². The number of hydrogen-bond acceptors (Lipinski definition) is 8. The van der Waals surface area contributed by atoms with Gasteiger partial charge in [-0.25, -0.2) is 22.6 Å². The lowest BCUT2D eigenvalue weighted by molar-refractivity contribution is -0.385. The fourth-order valence-corrected chi connectivity index (χ4v) is 10.8. The average Bonchev–Trinajstić information content (AvgIpc) is 3.81. The van der Waals surface area contributed by atoms with E-state index in [-0.39, 0.29) is 39.2 Å². The fraction of sp³-hybridized carbons (Fsp3) is 0.450. The number of likely N-dealkylation sites (tertiary alicyclic amines) is 1. The standard InChI is InChI=1S/C40H47FN6O6S/c1-2-38-42-18-21-45(38)27-40(30-6-3-7-31(41)22-30,36-10-5-11-37(36)43-39(48)49)29-16-19-44(20-17-29)24-28-25-46(26-28)32-12-14-34(15-13-32)54(52,53)35-9-4-8-33(23-35)47(50)51/h3-4,6-9,12-15,18,21-23,28-29,36-37,43H,2,5,10-11,16-17,19-20,24-27H2,1H3,(H,48,49)/t36-,37-,40?/m0/s1. The van der Waals surface area contributed by atoms with Crippen LogP contribution in [0.3, 0.4) is 0 Å². The van der Waals surface area contributed by atoms with Crippen molar-refractivity contribution in [1.82, 2.24) is 19.8 Å². The molecule has 2 aliphatic heterocycles. The van der Waals surface area contributed by atoms with E-state index in [2.05, 4.69) is 31.6 Å². The Morgan fingerprint density at radius 3 is 2.44 bits per heavy atom. The Labute approximate surface area is 315 Å². The summed E-state index contributed by atoms with van der Waals surface area (Å²) in [6.07, 6.45) is 7.88. The van der Waals surface area contributed by atoms with Gasteiger partial charge in [-0.1, -0.05) is 31.5 Å². The maximum absolute atomic E-state index is 15.1. The molecule has 1 unspecified atom stereocenters. The van der Waals surface area contributed by atoms with Crippen molar-refractivity contribution in [2.24, 2.45) is 17.8 Å². The lowest BCUT2D eigenvalue weighted by atomic mass is 9.58. The molecule has 3 heterocycles. The number of carbonyl (C=O) groups is 1. The van der Waals surface area contributed by atoms with Crippen LogP contribution in [0, 0.1) is 33.7 Å². The highest BCUT2D eigenvalue weighted by atomic mass is 32.2. The molecule has 1 amide bonds. The van der Waals surface area contributed by atoms with Crippen LogP contribution in [0.25, 0.3) is 0 Å². The molecule has 2 saturated heterocycles. The number of rotatable bonds is 13. The van der Waals surface area contributed by atoms with Gasteiger partial charge in [-0.05, 0) is 98.6 Å². The minimum absolute atomic E-state index is 0.00756. The van der Waals surface area contributed by atoms with Gasteiger partial charge in [0.05, 0.1) is 14.7 Å². The number of aryl methyl sites for hydroxylation is 1. The molecular formula is C40H47FN6O6S. The molecular weight excluding hydrogens is 712 g/mol. The number of nitro benzene ring substituents is 1. The van der Waals surface area contributed by atoms with Crippen LogP contribution in [-0.4, -0.2) is 77.8 Å². The highest BCUT2D eigenvalue weighted by Crippen LogP contribution is 2.52. The minimum atomic E-state index is -3.91. The summed E-state index contributed by atoms with van der Waals surface area (Å²) in [5, 5.41) is 23.9. The smallest absolute Gasteiger partial charge is 0.404 e. The van der Waals surface area contributed by atoms with Crippen LogP contribution in [0.5, 0.6) is 0 Å². The molecule has 12 nitrogen and oxygen atoms in total. The Hall–Kier alpha value is -4.82. The summed E-state index contributed by atoms with van der Waals surface area (Å²) in [5.74, 6) is 1.30. The van der Waals surface area contributed by atoms with Crippen molar-refractivity contribution in [3.63, 3.8) is 0 Å². The first-order valence-corrected chi connectivity index (χ1v) is 20.3. The molecule has 286 valence electrons. The molecule has 54 heavy (non-hydrogen) atoms. The molecule has 2 N–H and O–H groups in total. The first-order chi connectivity index (χ1) is 26.0. The van der Waals surface area contributed by atoms with E-state index in [1.54, 1.807) is 36.4 Å². The number of nitro groups is 1. The number of non-ortho nitro benzene ring substituents is 1. The van der Waals surface area contributed by atoms with E-state index < -0.39 is 26.3 Å². The third kappa shape index (κ3) is 7.45. The Bertz CT molecular complexity index is 2080. The molecule has 3 fully saturated rings. The number of imidazole rings is 1. The molecule has 0 radical (unpaired) electrons. The molecule has 1 aromatic heterocycles. The second-order valence-corrected chi connectivity index (χ2v) is 17.0. The molecule has 0 spiro atoms. The van der Waals surface area contributed by atoms with Crippen LogP contribution in [0.2, 0.25) is 0 Å². The van der Waals surface area contributed by atoms with Crippen molar-refractivity contribution >= 4 is 27.3 Å². The van der Waals surface area contributed by atoms with Crippen molar-refractivity contribution in [2.45, 2.75) is 73.2 Å². The highest BCUT2D eigenvalue weighted by Gasteiger charge is 2.52. The lowest BCUT2D eigenvalue weighted by Gasteiger charge is -2.51. The van der Waals surface area contributed by atoms with Gasteiger partial charge >= 0.3 is 6.09 Å². The monoisotopic (exact) mass is 758 g/mol. The zero-order chi connectivity index (χ0) is 38.0. The number of aromatic nitrogens is 2. The predicted octanol–water partition coefficient (Wildman–Crippen LogP) is 6.55. The number of anilines is 1. The topological polar surface area (TPSA) is 151 Å². The minimum Gasteiger partial charge on any atom is -0.465 e. The van der Waals surface area contributed by atoms with Gasteiger partial charge in [0, 0.05) is 80.2 Å². The number of nitrogens with zero attached hydrogens (tertiary/aromatic N) is 5. The van der Waals surface area contributed by atoms with E-state index in [0.29, 0.717) is 12.5 Å². The third-order valence-electron chi connectivity index (χ3n) is 12.0. The van der Waals surface area contributed by atoms with E-state index in [9.17, 15) is 28.4 Å². The number of sulfone groups is 1. The molecule has 4 aromatic rings. The quantitative estimate of drug-likeness (QED) is 0.114. The zero-order valence-corrected chi connectivity index (χ0v) is 31.2. The summed E-state index contributed by atoms with van der Waals surface area (Å²) < 4.78 is 43.6. The van der Waals surface area contributed by atoms with Crippen molar-refractivity contribution in [2.75, 3.05) is 37.6 Å². The maximum Gasteiger partial charge on any atom is 0.404 e. The Balaban J connectivity index is 1.04. The Morgan fingerprint density at radius 2 is 1.76 bits per heavy atom. The van der Waals surface area contributed by atoms with Crippen LogP contribution >= 0.6 is 0 Å². The summed E-state index contributed by atoms with van der Waals surface area (Å²) in [7, 11) is -3.91. The van der Waals surface area contributed by atoms with Gasteiger partial charge in [0.15, 0.2) is 0 Å². The molecule has 1 saturated carbocycles. The molecule has 0 bridgehead atoms. The average molecular weight is 759 g/mol. The maximum atomic E-state index is 15.1. The van der Waals surface area contributed by atoms with Crippen LogP contribution in [-0.2, 0) is 28.2 Å². The van der Waals surface area contributed by atoms with Gasteiger partial charge in [0.2, 0.25) is 9.84 Å². The van der Waals surface area contributed by atoms with Crippen LogP contribution in [0.4, 0.5) is 20.6 Å². The van der Waals surface area contributed by atoms with Gasteiger partial charge in [0.25, 0.3) is 5.69 Å². The summed E-state index contributed by atoms with van der Waals surface area (Å²) in [6, 6.07) is 18.5. The number of carboxylic acid groups (broad SMARTS) is 1. The Kier molecular flexibility index (Phi) is 10.8. The first kappa shape index (κ1) is 37.5. The molecule has 14 heteroatoms. The van der Waals surface area contributed by atoms with E-state index in [1.165, 1.54) is 24.3 Å². The number of halogens is 1. The van der Waals surface area contributed by atoms with Gasteiger partial charge in [-0.2, -0.15) is 0 Å². The highest BCUT2D eigenvalue weighted by molar-refractivity contribution is 7.91. The zero-order valence-electron chi connectivity index (χ0n) is 30.4. The second-order valence-electron chi connectivity index (χ2n) is 15.1. The van der Waals surface area contributed by atoms with Gasteiger partial charge in [0.1, 0.15) is 11.6 Å². The SMILES string of the molecule is CCc1nccn1CC(c1cccc(F)c1)(C1CCN(CC2CN(c3ccc(S(=O)(=O)c4cccc([N+](=O)[O-])c4)cc3)C2)CC1)[C@H]1CCC[C@@H]1NC(=O)O.